The second kappa shape index (κ2) is 4.75. The Balaban J connectivity index is 4.56. The Hall–Kier alpha value is -1.01. The van der Waals surface area contributed by atoms with Gasteiger partial charge in [0.05, 0.1) is 12.7 Å². The minimum atomic E-state index is 0.285. The van der Waals surface area contributed by atoms with E-state index in [-0.39, 0.29) is 5.57 Å². The highest BCUT2D eigenvalue weighted by atomic mass is 79.9. The van der Waals surface area contributed by atoms with E-state index in [2.05, 4.69) is 29.1 Å². The standard InChI is InChI=1S/C8H8BrNO/c1-6(5-10)8(11-3)4-7(2)9/h4H,1-2H2,3H3/b8-4+. The van der Waals surface area contributed by atoms with Crippen LogP contribution in [0.3, 0.4) is 0 Å². The van der Waals surface area contributed by atoms with Crippen molar-refractivity contribution in [3.05, 3.63) is 35.0 Å². The van der Waals surface area contributed by atoms with Gasteiger partial charge in [0.1, 0.15) is 11.8 Å². The van der Waals surface area contributed by atoms with E-state index < -0.39 is 0 Å². The second-order valence-corrected chi connectivity index (χ2v) is 2.77. The van der Waals surface area contributed by atoms with E-state index in [1.807, 2.05) is 6.07 Å². The summed E-state index contributed by atoms with van der Waals surface area (Å²) in [5.74, 6) is 0.425. The molecule has 0 atom stereocenters. The van der Waals surface area contributed by atoms with E-state index in [0.717, 1.165) is 0 Å². The van der Waals surface area contributed by atoms with Crippen LogP contribution in [-0.2, 0) is 4.74 Å². The van der Waals surface area contributed by atoms with Gasteiger partial charge in [-0.25, -0.2) is 0 Å². The van der Waals surface area contributed by atoms with Crippen LogP contribution in [0.1, 0.15) is 0 Å². The maximum absolute atomic E-state index is 8.43. The molecule has 0 saturated heterocycles. The second-order valence-electron chi connectivity index (χ2n) is 1.75. The molecule has 0 aliphatic rings. The molecular weight excluding hydrogens is 206 g/mol. The normalized spacial score (nSPS) is 10.1. The summed E-state index contributed by atoms with van der Waals surface area (Å²) >= 11 is 3.11. The molecular formula is C8H8BrNO. The summed E-state index contributed by atoms with van der Waals surface area (Å²) in [6, 6.07) is 1.87. The van der Waals surface area contributed by atoms with E-state index in [0.29, 0.717) is 10.2 Å². The summed E-state index contributed by atoms with van der Waals surface area (Å²) in [5, 5.41) is 8.43. The van der Waals surface area contributed by atoms with Crippen molar-refractivity contribution in [3.8, 4) is 6.07 Å². The molecule has 0 rings (SSSR count). The van der Waals surface area contributed by atoms with Crippen LogP contribution in [0.4, 0.5) is 0 Å². The fourth-order valence-corrected chi connectivity index (χ4v) is 0.674. The van der Waals surface area contributed by atoms with Gasteiger partial charge in [0, 0.05) is 4.48 Å². The van der Waals surface area contributed by atoms with Crippen LogP contribution in [0.2, 0.25) is 0 Å². The molecule has 0 unspecified atom stereocenters. The van der Waals surface area contributed by atoms with Gasteiger partial charge in [0.15, 0.2) is 0 Å². The summed E-state index contributed by atoms with van der Waals surface area (Å²) in [7, 11) is 1.48. The SMILES string of the molecule is C=C(Br)/C=C(/OC)C(=C)C#N. The predicted molar refractivity (Wildman–Crippen MR) is 47.9 cm³/mol. The lowest BCUT2D eigenvalue weighted by atomic mass is 10.2. The monoisotopic (exact) mass is 213 g/mol. The lowest BCUT2D eigenvalue weighted by Crippen LogP contribution is -1.88. The largest absolute Gasteiger partial charge is 0.495 e. The van der Waals surface area contributed by atoms with Crippen molar-refractivity contribution in [2.45, 2.75) is 0 Å². The fourth-order valence-electron chi connectivity index (χ4n) is 0.467. The Labute approximate surface area is 74.6 Å². The number of nitriles is 1. The molecule has 0 aromatic rings. The Bertz CT molecular complexity index is 247. The quantitative estimate of drug-likeness (QED) is 0.410. The highest BCUT2D eigenvalue weighted by Crippen LogP contribution is 2.13. The van der Waals surface area contributed by atoms with Gasteiger partial charge in [0.25, 0.3) is 0 Å². The lowest BCUT2D eigenvalue weighted by Gasteiger charge is -2.01. The molecule has 0 radical (unpaired) electrons. The number of hydrogen-bond donors (Lipinski definition) is 0. The lowest BCUT2D eigenvalue weighted by molar-refractivity contribution is 0.303. The molecule has 58 valence electrons. The number of hydrogen-bond acceptors (Lipinski definition) is 2. The Morgan fingerprint density at radius 3 is 2.45 bits per heavy atom. The van der Waals surface area contributed by atoms with Gasteiger partial charge in [0.2, 0.25) is 0 Å². The summed E-state index contributed by atoms with van der Waals surface area (Å²) in [4.78, 5) is 0. The van der Waals surface area contributed by atoms with Gasteiger partial charge in [-0.05, 0) is 6.08 Å². The molecule has 0 saturated carbocycles. The zero-order chi connectivity index (χ0) is 8.85. The fraction of sp³-hybridized carbons (Fsp3) is 0.125. The van der Waals surface area contributed by atoms with Crippen LogP contribution in [-0.4, -0.2) is 7.11 Å². The first-order chi connectivity index (χ1) is 5.11. The third-order valence-corrected chi connectivity index (χ3v) is 1.17. The molecule has 0 aliphatic heterocycles. The number of methoxy groups -OCH3 is 1. The highest BCUT2D eigenvalue weighted by Gasteiger charge is 1.99. The molecule has 3 heteroatoms. The van der Waals surface area contributed by atoms with Crippen LogP contribution in [0.25, 0.3) is 0 Å². The molecule has 0 bridgehead atoms. The minimum Gasteiger partial charge on any atom is -0.495 e. The van der Waals surface area contributed by atoms with E-state index in [4.69, 9.17) is 10.00 Å². The van der Waals surface area contributed by atoms with E-state index in [1.165, 1.54) is 7.11 Å². The molecule has 11 heavy (non-hydrogen) atoms. The molecule has 0 N–H and O–H groups in total. The molecule has 2 nitrogen and oxygen atoms in total. The van der Waals surface area contributed by atoms with Gasteiger partial charge in [-0.1, -0.05) is 29.1 Å². The predicted octanol–water partition coefficient (Wildman–Crippen LogP) is 2.51. The van der Waals surface area contributed by atoms with Crippen molar-refractivity contribution in [2.75, 3.05) is 7.11 Å². The number of rotatable bonds is 3. The Morgan fingerprint density at radius 1 is 1.64 bits per heavy atom. The Kier molecular flexibility index (Phi) is 4.32. The van der Waals surface area contributed by atoms with Gasteiger partial charge in [-0.15, -0.1) is 0 Å². The maximum Gasteiger partial charge on any atom is 0.137 e. The smallest absolute Gasteiger partial charge is 0.137 e. The first kappa shape index (κ1) is 9.99. The van der Waals surface area contributed by atoms with Crippen molar-refractivity contribution in [1.29, 1.82) is 5.26 Å². The average molecular weight is 214 g/mol. The molecule has 0 fully saturated rings. The first-order valence-electron chi connectivity index (χ1n) is 2.81. The molecule has 0 aliphatic carbocycles. The summed E-state index contributed by atoms with van der Waals surface area (Å²) in [6.07, 6.45) is 1.59. The number of allylic oxidation sites excluding steroid dienone is 3. The van der Waals surface area contributed by atoms with Crippen molar-refractivity contribution in [2.24, 2.45) is 0 Å². The summed E-state index contributed by atoms with van der Waals surface area (Å²) in [6.45, 7) is 7.05. The van der Waals surface area contributed by atoms with Gasteiger partial charge in [-0.3, -0.25) is 0 Å². The van der Waals surface area contributed by atoms with Crippen LogP contribution >= 0.6 is 15.9 Å². The van der Waals surface area contributed by atoms with Gasteiger partial charge in [-0.2, -0.15) is 5.26 Å². The Morgan fingerprint density at radius 2 is 2.18 bits per heavy atom. The number of nitrogens with zero attached hydrogens (tertiary/aromatic N) is 1. The van der Waals surface area contributed by atoms with Crippen LogP contribution in [0.5, 0.6) is 0 Å². The summed E-state index contributed by atoms with van der Waals surface area (Å²) < 4.78 is 5.51. The maximum atomic E-state index is 8.43. The molecule has 0 aromatic carbocycles. The van der Waals surface area contributed by atoms with Gasteiger partial charge < -0.3 is 4.74 Å². The molecule has 0 spiro atoms. The average Bonchev–Trinajstić information content (AvgIpc) is 1.98. The first-order valence-corrected chi connectivity index (χ1v) is 3.60. The number of ether oxygens (including phenoxy) is 1. The van der Waals surface area contributed by atoms with E-state index in [1.54, 1.807) is 6.08 Å². The number of halogens is 1. The third kappa shape index (κ3) is 3.64. The zero-order valence-electron chi connectivity index (χ0n) is 6.22. The molecule has 0 heterocycles. The van der Waals surface area contributed by atoms with Crippen molar-refractivity contribution in [1.82, 2.24) is 0 Å². The third-order valence-electron chi connectivity index (χ3n) is 0.940. The highest BCUT2D eigenvalue weighted by molar-refractivity contribution is 9.11. The van der Waals surface area contributed by atoms with Crippen LogP contribution in [0, 0.1) is 11.3 Å². The van der Waals surface area contributed by atoms with Gasteiger partial charge >= 0.3 is 0 Å². The van der Waals surface area contributed by atoms with Crippen molar-refractivity contribution >= 4 is 15.9 Å². The minimum absolute atomic E-state index is 0.285. The molecule has 0 amide bonds. The van der Waals surface area contributed by atoms with Crippen molar-refractivity contribution in [3.63, 3.8) is 0 Å². The van der Waals surface area contributed by atoms with Crippen LogP contribution < -0.4 is 0 Å². The molecule has 0 aromatic heterocycles. The topological polar surface area (TPSA) is 33.0 Å². The van der Waals surface area contributed by atoms with Crippen LogP contribution in [0.15, 0.2) is 35.0 Å². The van der Waals surface area contributed by atoms with E-state index >= 15 is 0 Å². The van der Waals surface area contributed by atoms with E-state index in [9.17, 15) is 0 Å². The van der Waals surface area contributed by atoms with Crippen molar-refractivity contribution < 1.29 is 4.74 Å². The zero-order valence-corrected chi connectivity index (χ0v) is 7.81. The summed E-state index contributed by atoms with van der Waals surface area (Å²) in [5.41, 5.74) is 0.285.